The van der Waals surface area contributed by atoms with Crippen molar-refractivity contribution >= 4 is 19.8 Å². The molecule has 0 aliphatic rings. The summed E-state index contributed by atoms with van der Waals surface area (Å²) in [6.45, 7) is 1.47. The monoisotopic (exact) mass is 732 g/mol. The van der Waals surface area contributed by atoms with Crippen LogP contribution in [0.15, 0.2) is 97.2 Å². The summed E-state index contributed by atoms with van der Waals surface area (Å²) < 4.78 is 26.2. The lowest BCUT2D eigenvalue weighted by Gasteiger charge is -2.18. The molecule has 0 aromatic carbocycles. The Morgan fingerprint density at radius 2 is 0.980 bits per heavy atom. The number of hydrogen-bond acceptors (Lipinski definition) is 7. The highest BCUT2D eigenvalue weighted by molar-refractivity contribution is 7.46. The van der Waals surface area contributed by atoms with Gasteiger partial charge in [-0.25, -0.2) is 4.57 Å². The molecule has 0 aromatic heterocycles. The van der Waals surface area contributed by atoms with E-state index in [1.165, 1.54) is 0 Å². The van der Waals surface area contributed by atoms with E-state index in [2.05, 4.69) is 96.5 Å². The van der Waals surface area contributed by atoms with Crippen LogP contribution in [0.4, 0.5) is 0 Å². The fraction of sp³-hybridized carbons (Fsp3) is 0.561. The highest BCUT2D eigenvalue weighted by Gasteiger charge is 2.22. The lowest BCUT2D eigenvalue weighted by molar-refractivity contribution is -0.161. The van der Waals surface area contributed by atoms with Crippen molar-refractivity contribution in [1.82, 2.24) is 0 Å². The van der Waals surface area contributed by atoms with Crippen molar-refractivity contribution in [3.05, 3.63) is 97.2 Å². The Balaban J connectivity index is 4.16. The van der Waals surface area contributed by atoms with Crippen molar-refractivity contribution in [2.24, 2.45) is 0 Å². The van der Waals surface area contributed by atoms with Crippen LogP contribution < -0.4 is 0 Å². The maximum Gasteiger partial charge on any atom is 0.469 e. The van der Waals surface area contributed by atoms with Crippen LogP contribution in [0.5, 0.6) is 0 Å². The summed E-state index contributed by atoms with van der Waals surface area (Å²) in [7, 11) is -4.79. The van der Waals surface area contributed by atoms with E-state index in [4.69, 9.17) is 24.4 Å². The summed E-state index contributed by atoms with van der Waals surface area (Å²) in [5.41, 5.74) is 0. The van der Waals surface area contributed by atoms with E-state index >= 15 is 0 Å². The Bertz CT molecular complexity index is 1140. The van der Waals surface area contributed by atoms with Gasteiger partial charge in [0.2, 0.25) is 0 Å². The molecule has 0 aromatic rings. The zero-order chi connectivity index (χ0) is 37.5. The highest BCUT2D eigenvalue weighted by Crippen LogP contribution is 2.35. The molecule has 0 amide bonds. The van der Waals surface area contributed by atoms with E-state index in [1.807, 2.05) is 12.2 Å². The first-order valence-electron chi connectivity index (χ1n) is 18.6. The van der Waals surface area contributed by atoms with Crippen LogP contribution >= 0.6 is 7.82 Å². The van der Waals surface area contributed by atoms with Gasteiger partial charge in [0.05, 0.1) is 6.61 Å². The number of carbonyl (C=O) groups excluding carboxylic acids is 2. The second kappa shape index (κ2) is 36.7. The lowest BCUT2D eigenvalue weighted by atomic mass is 10.2. The Hall–Kier alpha value is -3.07. The normalized spacial score (nSPS) is 13.6. The number of aliphatic hydroxyl groups excluding tert-OH is 1. The summed E-state index contributed by atoms with van der Waals surface area (Å²) >= 11 is 0. The average molecular weight is 733 g/mol. The number of allylic oxidation sites excluding steroid dienone is 16. The molecule has 51 heavy (non-hydrogen) atoms. The zero-order valence-electron chi connectivity index (χ0n) is 30.9. The highest BCUT2D eigenvalue weighted by atomic mass is 31.2. The topological polar surface area (TPSA) is 140 Å². The number of unbranched alkanes of at least 4 members (excludes halogenated alkanes) is 6. The molecule has 0 heterocycles. The zero-order valence-corrected chi connectivity index (χ0v) is 31.8. The molecule has 0 rings (SSSR count). The van der Waals surface area contributed by atoms with Gasteiger partial charge < -0.3 is 24.4 Å². The average Bonchev–Trinajstić information content (AvgIpc) is 3.10. The molecule has 0 bridgehead atoms. The molecule has 10 heteroatoms. The van der Waals surface area contributed by atoms with Crippen molar-refractivity contribution < 1.29 is 43.0 Å². The molecule has 0 fully saturated rings. The maximum absolute atomic E-state index is 12.3. The third kappa shape index (κ3) is 39.6. The summed E-state index contributed by atoms with van der Waals surface area (Å²) in [4.78, 5) is 42.7. The van der Waals surface area contributed by atoms with E-state index < -0.39 is 32.5 Å². The summed E-state index contributed by atoms with van der Waals surface area (Å²) in [5.74, 6) is -1.03. The number of phosphoric ester groups is 1. The molecular weight excluding hydrogens is 667 g/mol. The molecular formula is C41H65O9P. The molecule has 0 spiro atoms. The van der Waals surface area contributed by atoms with Gasteiger partial charge in [-0.3, -0.25) is 14.1 Å². The second-order valence-electron chi connectivity index (χ2n) is 11.9. The van der Waals surface area contributed by atoms with E-state index in [0.717, 1.165) is 83.5 Å². The molecule has 0 aliphatic heterocycles. The third-order valence-corrected chi connectivity index (χ3v) is 7.63. The van der Waals surface area contributed by atoms with Gasteiger partial charge in [-0.15, -0.1) is 0 Å². The number of aliphatic hydroxyl groups is 1. The molecule has 0 unspecified atom stereocenters. The SMILES string of the molecule is CC/C=C\C/C=C\C/C=C\C/C=C\CCCCC(=O)O[C@H](COC(=O)CCC/C=C\C/C=C\C/C=C\C/C=C\CCCCCO)COP(=O)(O)O. The Labute approximate surface area is 307 Å². The summed E-state index contributed by atoms with van der Waals surface area (Å²) in [6, 6.07) is 0. The molecule has 9 nitrogen and oxygen atoms in total. The third-order valence-electron chi connectivity index (χ3n) is 7.14. The molecule has 0 saturated heterocycles. The molecule has 0 aliphatic carbocycles. The van der Waals surface area contributed by atoms with Gasteiger partial charge in [0.1, 0.15) is 6.61 Å². The standard InChI is InChI=1S/C41H65O9P/c1-2-3-4-5-6-7-8-9-13-17-20-23-26-29-32-35-41(44)50-39(38-49-51(45,46)47)37-48-40(43)34-31-28-25-22-19-16-14-11-10-12-15-18-21-24-27-30-33-36-42/h3-4,6-7,9-10,12-14,16,18,20-23,25,39,42H,2,5,8,11,15,17,19,24,26-38H2,1H3,(H2,45,46,47)/b4-3-,7-6-,12-10-,13-9-,16-14-,21-18-,23-20-,25-22-/t39-/m1/s1. The Kier molecular flexibility index (Phi) is 34.5. The van der Waals surface area contributed by atoms with Gasteiger partial charge in [0.15, 0.2) is 6.10 Å². The van der Waals surface area contributed by atoms with Crippen molar-refractivity contribution in [2.75, 3.05) is 19.8 Å². The van der Waals surface area contributed by atoms with Crippen LogP contribution in [-0.4, -0.2) is 52.8 Å². The smallest absolute Gasteiger partial charge is 0.462 e. The second-order valence-corrected chi connectivity index (χ2v) is 13.1. The van der Waals surface area contributed by atoms with Crippen molar-refractivity contribution in [2.45, 2.75) is 129 Å². The first kappa shape index (κ1) is 47.9. The number of esters is 2. The van der Waals surface area contributed by atoms with Gasteiger partial charge in [0, 0.05) is 19.4 Å². The van der Waals surface area contributed by atoms with Crippen LogP contribution in [0.3, 0.4) is 0 Å². The van der Waals surface area contributed by atoms with Crippen LogP contribution in [0.2, 0.25) is 0 Å². The molecule has 0 saturated carbocycles. The van der Waals surface area contributed by atoms with Crippen LogP contribution in [0, 0.1) is 0 Å². The van der Waals surface area contributed by atoms with Gasteiger partial charge in [0.25, 0.3) is 0 Å². The van der Waals surface area contributed by atoms with E-state index in [-0.39, 0.29) is 26.1 Å². The number of hydrogen-bond donors (Lipinski definition) is 3. The predicted octanol–water partition coefficient (Wildman–Crippen LogP) is 10.0. The van der Waals surface area contributed by atoms with E-state index in [0.29, 0.717) is 19.3 Å². The minimum atomic E-state index is -4.79. The van der Waals surface area contributed by atoms with Gasteiger partial charge in [-0.1, -0.05) is 111 Å². The van der Waals surface area contributed by atoms with Crippen LogP contribution in [-0.2, 0) is 28.2 Å². The molecule has 288 valence electrons. The molecule has 1 atom stereocenters. The van der Waals surface area contributed by atoms with Gasteiger partial charge in [-0.05, 0) is 96.3 Å². The number of carbonyl (C=O) groups is 2. The Morgan fingerprint density at radius 1 is 0.549 bits per heavy atom. The minimum Gasteiger partial charge on any atom is -0.462 e. The van der Waals surface area contributed by atoms with Gasteiger partial charge >= 0.3 is 19.8 Å². The van der Waals surface area contributed by atoms with Crippen molar-refractivity contribution in [3.63, 3.8) is 0 Å². The number of ether oxygens (including phenoxy) is 2. The fourth-order valence-electron chi connectivity index (χ4n) is 4.39. The van der Waals surface area contributed by atoms with Gasteiger partial charge in [-0.2, -0.15) is 0 Å². The Morgan fingerprint density at radius 3 is 1.45 bits per heavy atom. The number of phosphoric acid groups is 1. The van der Waals surface area contributed by atoms with E-state index in [1.54, 1.807) is 0 Å². The summed E-state index contributed by atoms with van der Waals surface area (Å²) in [6.07, 6.45) is 47.2. The predicted molar refractivity (Wildman–Crippen MR) is 208 cm³/mol. The minimum absolute atomic E-state index is 0.136. The molecule has 0 radical (unpaired) electrons. The first-order valence-corrected chi connectivity index (χ1v) is 20.2. The summed E-state index contributed by atoms with van der Waals surface area (Å²) in [5, 5.41) is 8.76. The number of rotatable bonds is 33. The largest absolute Gasteiger partial charge is 0.469 e. The molecule has 3 N–H and O–H groups in total. The fourth-order valence-corrected chi connectivity index (χ4v) is 4.75. The van der Waals surface area contributed by atoms with Crippen LogP contribution in [0.1, 0.15) is 122 Å². The quantitative estimate of drug-likeness (QED) is 0.0260. The van der Waals surface area contributed by atoms with Crippen LogP contribution in [0.25, 0.3) is 0 Å². The maximum atomic E-state index is 12.3. The van der Waals surface area contributed by atoms with Crippen molar-refractivity contribution in [1.29, 1.82) is 0 Å². The lowest BCUT2D eigenvalue weighted by Crippen LogP contribution is -2.29. The van der Waals surface area contributed by atoms with E-state index in [9.17, 15) is 14.2 Å². The van der Waals surface area contributed by atoms with Crippen molar-refractivity contribution in [3.8, 4) is 0 Å². The first-order chi connectivity index (χ1) is 24.8.